The van der Waals surface area contributed by atoms with Gasteiger partial charge in [-0.2, -0.15) is 0 Å². The molecule has 2 aromatic rings. The van der Waals surface area contributed by atoms with Gasteiger partial charge >= 0.3 is 0 Å². The van der Waals surface area contributed by atoms with E-state index in [-0.39, 0.29) is 17.5 Å². The van der Waals surface area contributed by atoms with Crippen molar-refractivity contribution in [3.8, 4) is 5.75 Å². The van der Waals surface area contributed by atoms with Gasteiger partial charge in [-0.25, -0.2) is 0 Å². The van der Waals surface area contributed by atoms with E-state index < -0.39 is 0 Å². The lowest BCUT2D eigenvalue weighted by Crippen LogP contribution is -2.39. The highest BCUT2D eigenvalue weighted by atomic mass is 16.5. The Labute approximate surface area is 201 Å². The number of morpholine rings is 1. The summed E-state index contributed by atoms with van der Waals surface area (Å²) in [5, 5.41) is 3.24. The van der Waals surface area contributed by atoms with Crippen molar-refractivity contribution in [1.29, 1.82) is 0 Å². The van der Waals surface area contributed by atoms with E-state index in [4.69, 9.17) is 9.47 Å². The Morgan fingerprint density at radius 2 is 1.68 bits per heavy atom. The van der Waals surface area contributed by atoms with Crippen molar-refractivity contribution in [1.82, 2.24) is 9.80 Å². The van der Waals surface area contributed by atoms with Crippen LogP contribution in [0, 0.1) is 0 Å². The number of amides is 2. The maximum absolute atomic E-state index is 13.5. The van der Waals surface area contributed by atoms with Crippen molar-refractivity contribution in [2.75, 3.05) is 51.8 Å². The third-order valence-electron chi connectivity index (χ3n) is 6.35. The van der Waals surface area contributed by atoms with E-state index in [1.807, 2.05) is 42.5 Å². The van der Waals surface area contributed by atoms with E-state index >= 15 is 0 Å². The van der Waals surface area contributed by atoms with Gasteiger partial charge < -0.3 is 14.8 Å². The van der Waals surface area contributed by atoms with Crippen molar-refractivity contribution in [2.24, 2.45) is 0 Å². The lowest BCUT2D eigenvalue weighted by Gasteiger charge is -2.27. The molecule has 7 heteroatoms. The molecule has 1 saturated heterocycles. The van der Waals surface area contributed by atoms with Gasteiger partial charge in [0.15, 0.2) is 0 Å². The van der Waals surface area contributed by atoms with Crippen LogP contribution in [0.25, 0.3) is 5.57 Å². The number of benzene rings is 2. The van der Waals surface area contributed by atoms with Gasteiger partial charge in [0.1, 0.15) is 11.4 Å². The first-order valence-corrected chi connectivity index (χ1v) is 11.9. The number of anilines is 1. The minimum Gasteiger partial charge on any atom is -0.496 e. The molecule has 2 aliphatic heterocycles. The van der Waals surface area contributed by atoms with Crippen LogP contribution in [-0.4, -0.2) is 68.1 Å². The molecule has 0 bridgehead atoms. The quantitative estimate of drug-likeness (QED) is 0.572. The Balaban J connectivity index is 1.59. The van der Waals surface area contributed by atoms with E-state index in [9.17, 15) is 9.59 Å². The zero-order valence-corrected chi connectivity index (χ0v) is 20.2. The van der Waals surface area contributed by atoms with E-state index in [0.29, 0.717) is 35.8 Å². The number of nitrogens with one attached hydrogen (secondary N) is 1. The van der Waals surface area contributed by atoms with E-state index in [0.717, 1.165) is 38.5 Å². The molecule has 7 nitrogen and oxygen atoms in total. The molecule has 2 heterocycles. The average Bonchev–Trinajstić information content (AvgIpc) is 3.09. The third-order valence-corrected chi connectivity index (χ3v) is 6.35. The van der Waals surface area contributed by atoms with Crippen LogP contribution in [-0.2, 0) is 14.3 Å². The van der Waals surface area contributed by atoms with Crippen molar-refractivity contribution in [3.63, 3.8) is 0 Å². The van der Waals surface area contributed by atoms with Gasteiger partial charge in [0, 0.05) is 37.4 Å². The number of nitrogens with zero attached hydrogens (tertiary/aromatic N) is 2. The number of para-hydroxylation sites is 1. The zero-order valence-electron chi connectivity index (χ0n) is 20.2. The molecule has 0 radical (unpaired) electrons. The van der Waals surface area contributed by atoms with Crippen molar-refractivity contribution in [2.45, 2.75) is 26.2 Å². The molecule has 2 amide bonds. The molecular formula is C27H33N3O4. The van der Waals surface area contributed by atoms with Crippen LogP contribution < -0.4 is 10.1 Å². The van der Waals surface area contributed by atoms with Crippen molar-refractivity contribution < 1.29 is 19.1 Å². The zero-order chi connectivity index (χ0) is 24.1. The van der Waals surface area contributed by atoms with Crippen LogP contribution in [0.1, 0.15) is 37.3 Å². The standard InChI is InChI=1S/C27H33N3O4/c1-19(2)20-9-11-21(12-10-20)28-25-24(22-7-4-5-8-23(22)33-3)26(31)30(27(25)32)14-6-13-29-15-17-34-18-16-29/h4-5,7-12,19,28H,6,13-18H2,1-3H3. The molecule has 0 atom stereocenters. The maximum Gasteiger partial charge on any atom is 0.278 e. The monoisotopic (exact) mass is 463 g/mol. The molecule has 2 aliphatic rings. The Kier molecular flexibility index (Phi) is 7.65. The fourth-order valence-electron chi connectivity index (χ4n) is 4.37. The Morgan fingerprint density at radius 1 is 0.971 bits per heavy atom. The second-order valence-electron chi connectivity index (χ2n) is 8.92. The molecular weight excluding hydrogens is 430 g/mol. The van der Waals surface area contributed by atoms with Gasteiger partial charge in [0.05, 0.1) is 25.9 Å². The van der Waals surface area contributed by atoms with Gasteiger partial charge in [-0.15, -0.1) is 0 Å². The van der Waals surface area contributed by atoms with Gasteiger partial charge in [0.25, 0.3) is 11.8 Å². The van der Waals surface area contributed by atoms with Crippen molar-refractivity contribution in [3.05, 3.63) is 65.4 Å². The topological polar surface area (TPSA) is 71.1 Å². The summed E-state index contributed by atoms with van der Waals surface area (Å²) in [6, 6.07) is 15.3. The number of ether oxygens (including phenoxy) is 2. The summed E-state index contributed by atoms with van der Waals surface area (Å²) in [5.41, 5.74) is 3.23. The van der Waals surface area contributed by atoms with Gasteiger partial charge in [-0.1, -0.05) is 44.2 Å². The summed E-state index contributed by atoms with van der Waals surface area (Å²) in [5.74, 6) is 0.371. The lowest BCUT2D eigenvalue weighted by molar-refractivity contribution is -0.136. The summed E-state index contributed by atoms with van der Waals surface area (Å²) >= 11 is 0. The minimum atomic E-state index is -0.305. The summed E-state index contributed by atoms with van der Waals surface area (Å²) in [4.78, 5) is 30.7. The molecule has 180 valence electrons. The molecule has 0 aromatic heterocycles. The summed E-state index contributed by atoms with van der Waals surface area (Å²) < 4.78 is 10.9. The number of rotatable bonds is 9. The molecule has 0 aliphatic carbocycles. The number of carbonyl (C=O) groups excluding carboxylic acids is 2. The molecule has 0 spiro atoms. The number of hydrogen-bond acceptors (Lipinski definition) is 6. The normalized spacial score (nSPS) is 17.1. The van der Waals surface area contributed by atoms with Gasteiger partial charge in [-0.3, -0.25) is 19.4 Å². The van der Waals surface area contributed by atoms with Crippen LogP contribution >= 0.6 is 0 Å². The Morgan fingerprint density at radius 3 is 2.35 bits per heavy atom. The summed E-state index contributed by atoms with van der Waals surface area (Å²) in [6.45, 7) is 8.68. The van der Waals surface area contributed by atoms with E-state index in [2.05, 4.69) is 24.1 Å². The molecule has 0 unspecified atom stereocenters. The SMILES string of the molecule is COc1ccccc1C1=C(Nc2ccc(C(C)C)cc2)C(=O)N(CCCN2CCOCC2)C1=O. The van der Waals surface area contributed by atoms with E-state index in [1.165, 1.54) is 10.5 Å². The molecule has 1 fully saturated rings. The largest absolute Gasteiger partial charge is 0.496 e. The first-order chi connectivity index (χ1) is 16.5. The highest BCUT2D eigenvalue weighted by Crippen LogP contribution is 2.35. The molecule has 0 saturated carbocycles. The van der Waals surface area contributed by atoms with E-state index in [1.54, 1.807) is 13.2 Å². The number of methoxy groups -OCH3 is 1. The van der Waals surface area contributed by atoms with Crippen molar-refractivity contribution >= 4 is 23.1 Å². The first kappa shape index (κ1) is 24.0. The fraction of sp³-hybridized carbons (Fsp3) is 0.407. The molecule has 2 aromatic carbocycles. The summed E-state index contributed by atoms with van der Waals surface area (Å²) in [7, 11) is 1.57. The van der Waals surface area contributed by atoms with Crippen LogP contribution in [0.4, 0.5) is 5.69 Å². The third kappa shape index (κ3) is 5.16. The fourth-order valence-corrected chi connectivity index (χ4v) is 4.37. The van der Waals surface area contributed by atoms with Gasteiger partial charge in [-0.05, 0) is 36.1 Å². The maximum atomic E-state index is 13.5. The molecule has 4 rings (SSSR count). The summed E-state index contributed by atoms with van der Waals surface area (Å²) in [6.07, 6.45) is 0.715. The molecule has 34 heavy (non-hydrogen) atoms. The Bertz CT molecular complexity index is 1060. The van der Waals surface area contributed by atoms with Gasteiger partial charge in [0.2, 0.25) is 0 Å². The van der Waals surface area contributed by atoms with Crippen LogP contribution in [0.3, 0.4) is 0 Å². The molecule has 1 N–H and O–H groups in total. The van der Waals surface area contributed by atoms with Crippen LogP contribution in [0.2, 0.25) is 0 Å². The number of carbonyl (C=O) groups is 2. The Hall–Kier alpha value is -3.16. The average molecular weight is 464 g/mol. The van der Waals surface area contributed by atoms with Crippen LogP contribution in [0.5, 0.6) is 5.75 Å². The smallest absolute Gasteiger partial charge is 0.278 e. The number of hydrogen-bond donors (Lipinski definition) is 1. The van der Waals surface area contributed by atoms with Crippen LogP contribution in [0.15, 0.2) is 54.2 Å². The second kappa shape index (κ2) is 10.8. The second-order valence-corrected chi connectivity index (χ2v) is 8.92. The number of imide groups is 1. The highest BCUT2D eigenvalue weighted by molar-refractivity contribution is 6.37. The first-order valence-electron chi connectivity index (χ1n) is 11.9. The predicted molar refractivity (Wildman–Crippen MR) is 133 cm³/mol. The predicted octanol–water partition coefficient (Wildman–Crippen LogP) is 3.73. The minimum absolute atomic E-state index is 0.290. The lowest BCUT2D eigenvalue weighted by atomic mass is 10.0. The highest BCUT2D eigenvalue weighted by Gasteiger charge is 2.40.